The molecule has 1 amide bonds. The Hall–Kier alpha value is -1.92. The van der Waals surface area contributed by atoms with Crippen LogP contribution in [0.3, 0.4) is 0 Å². The highest BCUT2D eigenvalue weighted by molar-refractivity contribution is 5.87. The van der Waals surface area contributed by atoms with E-state index in [1.165, 1.54) is 0 Å². The number of halogens is 3. The van der Waals surface area contributed by atoms with Crippen molar-refractivity contribution in [3.05, 3.63) is 0 Å². The third-order valence-corrected chi connectivity index (χ3v) is 10.5. The summed E-state index contributed by atoms with van der Waals surface area (Å²) in [5.41, 5.74) is 2.94. The summed E-state index contributed by atoms with van der Waals surface area (Å²) in [7, 11) is 0. The lowest BCUT2D eigenvalue weighted by molar-refractivity contribution is -0.192. The molecule has 0 aliphatic heterocycles. The van der Waals surface area contributed by atoms with Crippen LogP contribution in [0.2, 0.25) is 0 Å². The molecule has 4 unspecified atom stereocenters. The molecule has 0 saturated heterocycles. The summed E-state index contributed by atoms with van der Waals surface area (Å²) in [6, 6.07) is -2.41. The summed E-state index contributed by atoms with van der Waals surface area (Å²) in [5, 5.41) is 41.2. The molecule has 8 fully saturated rings. The van der Waals surface area contributed by atoms with Gasteiger partial charge in [-0.1, -0.05) is 0 Å². The number of carbonyl (C=O) groups excluding carboxylic acids is 1. The smallest absolute Gasteiger partial charge is 0.471 e. The Kier molecular flexibility index (Phi) is 6.39. The Balaban J connectivity index is 0.000000162. The second kappa shape index (κ2) is 8.79. The number of carbonyl (C=O) groups is 3. The molecule has 8 aliphatic rings. The van der Waals surface area contributed by atoms with Gasteiger partial charge in [0.15, 0.2) is 0 Å². The zero-order valence-corrected chi connectivity index (χ0v) is 21.2. The SMILES string of the molecule is N[C@H](C(=O)O)C12CC3CC(CC(O)(C3)C1)C2.O=C(O)[C@@H](NC(=O)C(F)(F)F)C12CC3CC(CC(O)(C3)C1)C2. The quantitative estimate of drug-likeness (QED) is 0.305. The van der Waals surface area contributed by atoms with Gasteiger partial charge in [-0.25, -0.2) is 4.79 Å². The molecule has 0 aromatic rings. The molecule has 8 aliphatic carbocycles. The summed E-state index contributed by atoms with van der Waals surface area (Å²) in [4.78, 5) is 33.8. The van der Waals surface area contributed by atoms with Crippen LogP contribution in [0.1, 0.15) is 77.0 Å². The Morgan fingerprint density at radius 3 is 1.47 bits per heavy atom. The fourth-order valence-corrected chi connectivity index (χ4v) is 10.2. The van der Waals surface area contributed by atoms with Crippen molar-refractivity contribution >= 4 is 17.8 Å². The Morgan fingerprint density at radius 1 is 0.737 bits per heavy atom. The van der Waals surface area contributed by atoms with Crippen LogP contribution in [-0.2, 0) is 14.4 Å². The van der Waals surface area contributed by atoms with E-state index in [9.17, 15) is 42.9 Å². The fraction of sp³-hybridized carbons (Fsp3) is 0.885. The molecule has 12 heteroatoms. The second-order valence-electron chi connectivity index (χ2n) is 13.7. The minimum absolute atomic E-state index is 0.121. The van der Waals surface area contributed by atoms with Gasteiger partial charge in [0, 0.05) is 5.41 Å². The van der Waals surface area contributed by atoms with Crippen LogP contribution < -0.4 is 11.1 Å². The number of aliphatic hydroxyl groups is 2. The van der Waals surface area contributed by atoms with Crippen LogP contribution in [-0.4, -0.2) is 67.7 Å². The van der Waals surface area contributed by atoms with Gasteiger partial charge in [0.1, 0.15) is 12.1 Å². The lowest BCUT2D eigenvalue weighted by Crippen LogP contribution is -2.65. The summed E-state index contributed by atoms with van der Waals surface area (Å²) >= 11 is 0. The average Bonchev–Trinajstić information content (AvgIpc) is 2.72. The van der Waals surface area contributed by atoms with Gasteiger partial charge >= 0.3 is 24.0 Å². The van der Waals surface area contributed by atoms with Crippen LogP contribution >= 0.6 is 0 Å². The van der Waals surface area contributed by atoms with Crippen LogP contribution in [0.15, 0.2) is 0 Å². The lowest BCUT2D eigenvalue weighted by Gasteiger charge is -2.61. The molecule has 6 atom stereocenters. The highest BCUT2D eigenvalue weighted by Gasteiger charge is 2.62. The number of alkyl halides is 3. The van der Waals surface area contributed by atoms with Crippen molar-refractivity contribution in [1.29, 1.82) is 0 Å². The molecule has 9 nitrogen and oxygen atoms in total. The van der Waals surface area contributed by atoms with Gasteiger partial charge in [-0.2, -0.15) is 13.2 Å². The number of hydrogen-bond acceptors (Lipinski definition) is 6. The maximum atomic E-state index is 12.5. The Bertz CT molecular complexity index is 989. The first-order valence-corrected chi connectivity index (χ1v) is 13.5. The van der Waals surface area contributed by atoms with E-state index in [4.69, 9.17) is 10.8 Å². The number of amides is 1. The summed E-state index contributed by atoms with van der Waals surface area (Å²) in [5.74, 6) is -3.38. The zero-order valence-electron chi connectivity index (χ0n) is 21.2. The van der Waals surface area contributed by atoms with Crippen LogP contribution in [0.25, 0.3) is 0 Å². The van der Waals surface area contributed by atoms with Crippen molar-refractivity contribution in [1.82, 2.24) is 5.32 Å². The molecule has 7 N–H and O–H groups in total. The Morgan fingerprint density at radius 2 is 1.13 bits per heavy atom. The number of carboxylic acid groups (broad SMARTS) is 2. The summed E-state index contributed by atoms with van der Waals surface area (Å²) < 4.78 is 37.4. The number of hydrogen-bond donors (Lipinski definition) is 6. The third kappa shape index (κ3) is 4.81. The van der Waals surface area contributed by atoms with Gasteiger partial charge in [0.2, 0.25) is 0 Å². The first-order chi connectivity index (χ1) is 17.5. The van der Waals surface area contributed by atoms with E-state index >= 15 is 0 Å². The van der Waals surface area contributed by atoms with E-state index in [0.717, 1.165) is 38.5 Å². The molecule has 0 spiro atoms. The first kappa shape index (κ1) is 27.6. The molecule has 0 aromatic carbocycles. The standard InChI is InChI=1S/C14H18F3NO4.C12H19NO3/c15-14(16,17)11(21)18-9(10(19)20)12-2-7-1-8(3-12)5-13(22,4-7)6-12;13-9(10(14)15)11-2-7-1-8(3-11)5-12(16,4-7)6-11/h7-9,22H,1-6H2,(H,18,21)(H,19,20);7-9,16H,1-6,13H2,(H,14,15)/t7?,8?,9-,12?,13?;7?,8?,9-,11?,12?/m11/s1. The van der Waals surface area contributed by atoms with E-state index in [2.05, 4.69) is 0 Å². The highest BCUT2D eigenvalue weighted by atomic mass is 19.4. The monoisotopic (exact) mass is 546 g/mol. The van der Waals surface area contributed by atoms with E-state index in [1.807, 2.05) is 0 Å². The maximum Gasteiger partial charge on any atom is 0.471 e. The number of aliphatic carboxylic acids is 2. The molecule has 38 heavy (non-hydrogen) atoms. The van der Waals surface area contributed by atoms with Gasteiger partial charge in [-0.15, -0.1) is 0 Å². The minimum atomic E-state index is -5.12. The van der Waals surface area contributed by atoms with E-state index in [-0.39, 0.29) is 23.7 Å². The molecular weight excluding hydrogens is 509 g/mol. The fourth-order valence-electron chi connectivity index (χ4n) is 10.2. The molecule has 0 radical (unpaired) electrons. The van der Waals surface area contributed by atoms with Crippen LogP contribution in [0, 0.1) is 34.5 Å². The normalized spacial score (nSPS) is 45.6. The van der Waals surface area contributed by atoms with Gasteiger partial charge < -0.3 is 31.5 Å². The maximum absolute atomic E-state index is 12.5. The van der Waals surface area contributed by atoms with Crippen molar-refractivity contribution in [2.45, 2.75) is 107 Å². The first-order valence-electron chi connectivity index (χ1n) is 13.5. The van der Waals surface area contributed by atoms with Crippen molar-refractivity contribution in [3.8, 4) is 0 Å². The van der Waals surface area contributed by atoms with Crippen molar-refractivity contribution < 1.29 is 48.0 Å². The zero-order chi connectivity index (χ0) is 27.9. The molecule has 214 valence electrons. The predicted octanol–water partition coefficient (Wildman–Crippen LogP) is 2.18. The lowest BCUT2D eigenvalue weighted by atomic mass is 9.46. The van der Waals surface area contributed by atoms with Crippen LogP contribution in [0.5, 0.6) is 0 Å². The van der Waals surface area contributed by atoms with Crippen LogP contribution in [0.4, 0.5) is 13.2 Å². The molecule has 0 aromatic heterocycles. The number of carboxylic acids is 2. The largest absolute Gasteiger partial charge is 0.480 e. The highest BCUT2D eigenvalue weighted by Crippen LogP contribution is 2.63. The average molecular weight is 547 g/mol. The number of nitrogens with one attached hydrogen (secondary N) is 1. The topological polar surface area (TPSA) is 170 Å². The van der Waals surface area contributed by atoms with Gasteiger partial charge in [-0.05, 0) is 106 Å². The Labute approximate surface area is 218 Å². The molecule has 8 bridgehead atoms. The van der Waals surface area contributed by atoms with Gasteiger partial charge in [0.05, 0.1) is 11.2 Å². The van der Waals surface area contributed by atoms with Gasteiger partial charge in [0.25, 0.3) is 0 Å². The third-order valence-electron chi connectivity index (χ3n) is 10.5. The molecule has 0 heterocycles. The van der Waals surface area contributed by atoms with E-state index in [0.29, 0.717) is 43.9 Å². The second-order valence-corrected chi connectivity index (χ2v) is 13.7. The van der Waals surface area contributed by atoms with Crippen molar-refractivity contribution in [3.63, 3.8) is 0 Å². The number of rotatable bonds is 5. The molecular formula is C26H37F3N2O7. The molecule has 8 saturated carbocycles. The summed E-state index contributed by atoms with van der Waals surface area (Å²) in [6.45, 7) is 0. The van der Waals surface area contributed by atoms with Gasteiger partial charge in [-0.3, -0.25) is 9.59 Å². The summed E-state index contributed by atoms with van der Waals surface area (Å²) in [6.07, 6.45) is 3.22. The molecule has 8 rings (SSSR count). The van der Waals surface area contributed by atoms with E-state index in [1.54, 1.807) is 5.32 Å². The minimum Gasteiger partial charge on any atom is -0.480 e. The van der Waals surface area contributed by atoms with Crippen molar-refractivity contribution in [2.75, 3.05) is 0 Å². The predicted molar refractivity (Wildman–Crippen MR) is 125 cm³/mol. The van der Waals surface area contributed by atoms with Crippen molar-refractivity contribution in [2.24, 2.45) is 40.2 Å². The number of nitrogens with two attached hydrogens (primary N) is 1. The van der Waals surface area contributed by atoms with E-state index < -0.39 is 52.7 Å².